The summed E-state index contributed by atoms with van der Waals surface area (Å²) < 4.78 is 30.6. The maximum absolute atomic E-state index is 13.0. The van der Waals surface area contributed by atoms with Crippen LogP contribution < -0.4 is 4.74 Å². The number of thiophene rings is 1. The minimum atomic E-state index is -3.01. The maximum Gasteiger partial charge on any atom is 0.387 e. The minimum absolute atomic E-state index is 0.0742. The number of carbonyl (C=O) groups excluding carboxylic acids is 2. The van der Waals surface area contributed by atoms with E-state index in [9.17, 15) is 18.4 Å². The summed E-state index contributed by atoms with van der Waals surface area (Å²) in [5.74, 6) is -0.735. The van der Waals surface area contributed by atoms with Crippen molar-refractivity contribution >= 4 is 44.8 Å². The van der Waals surface area contributed by atoms with Crippen molar-refractivity contribution in [2.24, 2.45) is 0 Å². The van der Waals surface area contributed by atoms with Gasteiger partial charge < -0.3 is 14.5 Å². The van der Waals surface area contributed by atoms with Gasteiger partial charge in [0.1, 0.15) is 10.6 Å². The van der Waals surface area contributed by atoms with E-state index in [0.29, 0.717) is 23.0 Å². The number of para-hydroxylation sites is 1. The van der Waals surface area contributed by atoms with Crippen molar-refractivity contribution in [1.82, 2.24) is 9.80 Å². The van der Waals surface area contributed by atoms with Crippen LogP contribution in [0.5, 0.6) is 5.75 Å². The zero-order valence-corrected chi connectivity index (χ0v) is 17.3. The van der Waals surface area contributed by atoms with Gasteiger partial charge in [-0.05, 0) is 18.2 Å². The molecule has 0 spiro atoms. The highest BCUT2D eigenvalue weighted by atomic mass is 35.5. The fraction of sp³-hybridized carbons (Fsp3) is 0.238. The number of hydrogen-bond donors (Lipinski definition) is 0. The number of nitrogens with zero attached hydrogens (tertiary/aromatic N) is 2. The van der Waals surface area contributed by atoms with Gasteiger partial charge in [-0.25, -0.2) is 0 Å². The summed E-state index contributed by atoms with van der Waals surface area (Å²) in [6.07, 6.45) is 0. The molecule has 0 bridgehead atoms. The molecule has 0 saturated carbocycles. The van der Waals surface area contributed by atoms with E-state index in [0.717, 1.165) is 10.1 Å². The van der Waals surface area contributed by atoms with E-state index in [1.54, 1.807) is 11.0 Å². The van der Waals surface area contributed by atoms with Crippen LogP contribution in [0.2, 0.25) is 5.02 Å². The predicted molar refractivity (Wildman–Crippen MR) is 112 cm³/mol. The highest BCUT2D eigenvalue weighted by Gasteiger charge is 2.29. The van der Waals surface area contributed by atoms with Crippen LogP contribution in [0.15, 0.2) is 48.5 Å². The van der Waals surface area contributed by atoms with Gasteiger partial charge >= 0.3 is 6.61 Å². The van der Waals surface area contributed by atoms with Gasteiger partial charge in [-0.2, -0.15) is 8.78 Å². The third kappa shape index (κ3) is 3.97. The quantitative estimate of drug-likeness (QED) is 0.576. The van der Waals surface area contributed by atoms with Gasteiger partial charge in [-0.15, -0.1) is 11.3 Å². The first-order chi connectivity index (χ1) is 14.5. The molecule has 0 aliphatic carbocycles. The van der Waals surface area contributed by atoms with Crippen LogP contribution in [0.1, 0.15) is 20.0 Å². The zero-order chi connectivity index (χ0) is 21.3. The average molecular weight is 451 g/mol. The molecule has 0 atom stereocenters. The number of rotatable bonds is 4. The van der Waals surface area contributed by atoms with E-state index in [2.05, 4.69) is 4.74 Å². The molecule has 1 aliphatic rings. The van der Waals surface area contributed by atoms with Crippen molar-refractivity contribution in [3.05, 3.63) is 64.0 Å². The Morgan fingerprint density at radius 3 is 2.20 bits per heavy atom. The number of alkyl halides is 2. The molecule has 2 heterocycles. The normalized spacial score (nSPS) is 14.4. The molecule has 0 N–H and O–H groups in total. The molecule has 1 fully saturated rings. The second-order valence-corrected chi connectivity index (χ2v) is 8.13. The molecular weight excluding hydrogens is 434 g/mol. The molecule has 0 radical (unpaired) electrons. The lowest BCUT2D eigenvalue weighted by molar-refractivity contribution is -0.0503. The highest BCUT2D eigenvalue weighted by molar-refractivity contribution is 7.21. The lowest BCUT2D eigenvalue weighted by Gasteiger charge is -2.34. The molecule has 9 heteroatoms. The summed E-state index contributed by atoms with van der Waals surface area (Å²) in [7, 11) is 0. The Hall–Kier alpha value is -2.71. The van der Waals surface area contributed by atoms with Crippen molar-refractivity contribution in [1.29, 1.82) is 0 Å². The Morgan fingerprint density at radius 2 is 1.53 bits per heavy atom. The minimum Gasteiger partial charge on any atom is -0.434 e. The van der Waals surface area contributed by atoms with E-state index in [-0.39, 0.29) is 30.3 Å². The topological polar surface area (TPSA) is 49.9 Å². The Bertz CT molecular complexity index is 1100. The average Bonchev–Trinajstić information content (AvgIpc) is 3.09. The van der Waals surface area contributed by atoms with Crippen LogP contribution in [0, 0.1) is 0 Å². The largest absolute Gasteiger partial charge is 0.434 e. The van der Waals surface area contributed by atoms with Crippen LogP contribution in [0.4, 0.5) is 8.78 Å². The van der Waals surface area contributed by atoms with Crippen LogP contribution in [-0.4, -0.2) is 54.4 Å². The molecule has 30 heavy (non-hydrogen) atoms. The van der Waals surface area contributed by atoms with E-state index < -0.39 is 12.5 Å². The highest BCUT2D eigenvalue weighted by Crippen LogP contribution is 2.36. The second kappa shape index (κ2) is 8.57. The first-order valence-corrected chi connectivity index (χ1v) is 10.4. The van der Waals surface area contributed by atoms with Gasteiger partial charge in [0.2, 0.25) is 0 Å². The molecular formula is C21H17ClF2N2O3S. The second-order valence-electron chi connectivity index (χ2n) is 6.70. The molecule has 156 valence electrons. The van der Waals surface area contributed by atoms with Crippen molar-refractivity contribution in [3.63, 3.8) is 0 Å². The molecule has 2 aromatic carbocycles. The third-order valence-corrected chi connectivity index (χ3v) is 6.58. The Balaban J connectivity index is 1.45. The number of halogens is 3. The summed E-state index contributed by atoms with van der Waals surface area (Å²) >= 11 is 7.76. The van der Waals surface area contributed by atoms with E-state index in [1.165, 1.54) is 34.4 Å². The molecule has 1 aromatic heterocycles. The molecule has 1 aliphatic heterocycles. The fourth-order valence-electron chi connectivity index (χ4n) is 3.42. The number of piperazine rings is 1. The SMILES string of the molecule is O=C(c1ccccc1OC(F)F)N1CCN(C(=O)c2sc3ccccc3c2Cl)CC1. The zero-order valence-electron chi connectivity index (χ0n) is 15.7. The monoisotopic (exact) mass is 450 g/mol. The van der Waals surface area contributed by atoms with Crippen LogP contribution in [0.3, 0.4) is 0 Å². The summed E-state index contributed by atoms with van der Waals surface area (Å²) in [5.41, 5.74) is 0.0742. The molecule has 4 rings (SSSR count). The van der Waals surface area contributed by atoms with Crippen molar-refractivity contribution in [2.45, 2.75) is 6.61 Å². The van der Waals surface area contributed by atoms with Gasteiger partial charge in [-0.1, -0.05) is 41.9 Å². The van der Waals surface area contributed by atoms with Crippen molar-refractivity contribution in [3.8, 4) is 5.75 Å². The summed E-state index contributed by atoms with van der Waals surface area (Å²) in [6, 6.07) is 13.5. The Labute approximate surface area is 180 Å². The molecule has 3 aromatic rings. The number of amides is 2. The van der Waals surface area contributed by atoms with Gasteiger partial charge in [0.15, 0.2) is 0 Å². The predicted octanol–water partition coefficient (Wildman–Crippen LogP) is 4.75. The molecule has 1 saturated heterocycles. The first-order valence-electron chi connectivity index (χ1n) is 9.25. The van der Waals surface area contributed by atoms with E-state index in [1.807, 2.05) is 24.3 Å². The van der Waals surface area contributed by atoms with Gasteiger partial charge in [0.05, 0.1) is 10.6 Å². The van der Waals surface area contributed by atoms with Crippen LogP contribution >= 0.6 is 22.9 Å². The smallest absolute Gasteiger partial charge is 0.387 e. The fourth-order valence-corrected chi connectivity index (χ4v) is 4.90. The number of ether oxygens (including phenoxy) is 1. The molecule has 2 amide bonds. The van der Waals surface area contributed by atoms with Gasteiger partial charge in [0, 0.05) is 36.3 Å². The maximum atomic E-state index is 13.0. The van der Waals surface area contributed by atoms with E-state index >= 15 is 0 Å². The molecule has 5 nitrogen and oxygen atoms in total. The first kappa shape index (κ1) is 20.6. The standard InChI is InChI=1S/C21H17ClF2N2O3S/c22-17-14-6-2-4-8-16(14)30-18(17)20(28)26-11-9-25(10-12-26)19(27)13-5-1-3-7-15(13)29-21(23)24/h1-8,21H,9-12H2. The van der Waals surface area contributed by atoms with Crippen molar-refractivity contribution < 1.29 is 23.1 Å². The number of hydrogen-bond acceptors (Lipinski definition) is 4. The number of carbonyl (C=O) groups is 2. The van der Waals surface area contributed by atoms with Crippen LogP contribution in [0.25, 0.3) is 10.1 Å². The van der Waals surface area contributed by atoms with Gasteiger partial charge in [0.25, 0.3) is 11.8 Å². The van der Waals surface area contributed by atoms with E-state index in [4.69, 9.17) is 11.6 Å². The number of fused-ring (bicyclic) bond motifs is 1. The summed E-state index contributed by atoms with van der Waals surface area (Å²) in [6.45, 7) is -1.79. The summed E-state index contributed by atoms with van der Waals surface area (Å²) in [4.78, 5) is 29.4. The lowest BCUT2D eigenvalue weighted by atomic mass is 10.1. The Kier molecular flexibility index (Phi) is 5.87. The third-order valence-electron chi connectivity index (χ3n) is 4.92. The lowest BCUT2D eigenvalue weighted by Crippen LogP contribution is -2.50. The number of benzene rings is 2. The van der Waals surface area contributed by atoms with Gasteiger partial charge in [-0.3, -0.25) is 9.59 Å². The van der Waals surface area contributed by atoms with Crippen molar-refractivity contribution in [2.75, 3.05) is 26.2 Å². The Morgan fingerprint density at radius 1 is 0.933 bits per heavy atom. The van der Waals surface area contributed by atoms with Crippen LogP contribution in [-0.2, 0) is 0 Å². The molecule has 0 unspecified atom stereocenters. The summed E-state index contributed by atoms with van der Waals surface area (Å²) in [5, 5.41) is 1.29.